The lowest BCUT2D eigenvalue weighted by atomic mass is 9.98. The Morgan fingerprint density at radius 2 is 1.89 bits per heavy atom. The molecule has 0 aromatic heterocycles. The third-order valence-electron chi connectivity index (χ3n) is 2.91. The number of hydrogen-bond donors (Lipinski definition) is 2. The van der Waals surface area contributed by atoms with Crippen molar-refractivity contribution >= 4 is 35.1 Å². The minimum absolute atomic E-state index is 0.0532. The molecular formula is C12H11Cl2NO4. The zero-order valence-electron chi connectivity index (χ0n) is 9.78. The summed E-state index contributed by atoms with van der Waals surface area (Å²) in [7, 11) is 0. The number of ether oxygens (including phenoxy) is 1. The topological polar surface area (TPSA) is 75.6 Å². The maximum absolute atomic E-state index is 12.1. The quantitative estimate of drug-likeness (QED) is 0.895. The number of carboxylic acid groups (broad SMARTS) is 1. The van der Waals surface area contributed by atoms with E-state index in [-0.39, 0.29) is 18.6 Å². The van der Waals surface area contributed by atoms with E-state index in [1.165, 1.54) is 18.2 Å². The molecule has 5 nitrogen and oxygen atoms in total. The van der Waals surface area contributed by atoms with Gasteiger partial charge >= 0.3 is 5.97 Å². The van der Waals surface area contributed by atoms with Crippen LogP contribution in [0, 0.1) is 0 Å². The monoisotopic (exact) mass is 303 g/mol. The molecule has 1 aliphatic rings. The Labute approximate surface area is 119 Å². The standard InChI is InChI=1S/C12H11Cl2NO4/c13-8-3-7(4-9(14)5-8)10(16)15-12(11(17)18)1-2-19-6-12/h3-5H,1-2,6H2,(H,15,16)(H,17,18). The molecule has 2 rings (SSSR count). The van der Waals surface area contributed by atoms with Gasteiger partial charge in [-0.1, -0.05) is 23.2 Å². The fraction of sp³-hybridized carbons (Fsp3) is 0.333. The van der Waals surface area contributed by atoms with Crippen LogP contribution in [-0.4, -0.2) is 35.7 Å². The molecule has 1 fully saturated rings. The molecule has 0 saturated carbocycles. The van der Waals surface area contributed by atoms with Gasteiger partial charge in [-0.3, -0.25) is 4.79 Å². The minimum Gasteiger partial charge on any atom is -0.479 e. The first kappa shape index (κ1) is 14.1. The van der Waals surface area contributed by atoms with Crippen LogP contribution in [-0.2, 0) is 9.53 Å². The van der Waals surface area contributed by atoms with Crippen LogP contribution in [0.2, 0.25) is 10.0 Å². The predicted octanol–water partition coefficient (Wildman–Crippen LogP) is 1.97. The molecule has 0 spiro atoms. The fourth-order valence-electron chi connectivity index (χ4n) is 1.86. The number of carbonyl (C=O) groups is 2. The first-order valence-electron chi connectivity index (χ1n) is 5.53. The highest BCUT2D eigenvalue weighted by atomic mass is 35.5. The Hall–Kier alpha value is -1.30. The van der Waals surface area contributed by atoms with Gasteiger partial charge in [0.2, 0.25) is 0 Å². The molecular weight excluding hydrogens is 293 g/mol. The van der Waals surface area contributed by atoms with Gasteiger partial charge in [-0.05, 0) is 18.2 Å². The maximum atomic E-state index is 12.1. The van der Waals surface area contributed by atoms with E-state index in [0.29, 0.717) is 16.7 Å². The zero-order valence-corrected chi connectivity index (χ0v) is 11.3. The highest BCUT2D eigenvalue weighted by Gasteiger charge is 2.44. The number of halogens is 2. The summed E-state index contributed by atoms with van der Waals surface area (Å²) in [4.78, 5) is 23.3. The lowest BCUT2D eigenvalue weighted by Gasteiger charge is -2.23. The highest BCUT2D eigenvalue weighted by Crippen LogP contribution is 2.22. The van der Waals surface area contributed by atoms with Crippen molar-refractivity contribution in [3.63, 3.8) is 0 Å². The van der Waals surface area contributed by atoms with Gasteiger partial charge in [0.05, 0.1) is 6.61 Å². The number of aliphatic carboxylic acids is 1. The van der Waals surface area contributed by atoms with Crippen LogP contribution in [0.5, 0.6) is 0 Å². The summed E-state index contributed by atoms with van der Waals surface area (Å²) in [5.41, 5.74) is -1.17. The molecule has 1 aromatic carbocycles. The van der Waals surface area contributed by atoms with Crippen molar-refractivity contribution in [3.8, 4) is 0 Å². The number of carbonyl (C=O) groups excluding carboxylic acids is 1. The maximum Gasteiger partial charge on any atom is 0.331 e. The Morgan fingerprint density at radius 1 is 1.26 bits per heavy atom. The number of benzene rings is 1. The van der Waals surface area contributed by atoms with Gasteiger partial charge in [-0.15, -0.1) is 0 Å². The lowest BCUT2D eigenvalue weighted by molar-refractivity contribution is -0.144. The van der Waals surface area contributed by atoms with E-state index in [1.807, 2.05) is 0 Å². The van der Waals surface area contributed by atoms with E-state index in [9.17, 15) is 14.7 Å². The van der Waals surface area contributed by atoms with Gasteiger partial charge in [0, 0.05) is 28.6 Å². The van der Waals surface area contributed by atoms with Crippen LogP contribution in [0.15, 0.2) is 18.2 Å². The Balaban J connectivity index is 2.22. The first-order chi connectivity index (χ1) is 8.93. The summed E-state index contributed by atoms with van der Waals surface area (Å²) in [6, 6.07) is 4.34. The van der Waals surface area contributed by atoms with E-state index >= 15 is 0 Å². The second-order valence-corrected chi connectivity index (χ2v) is 5.17. The second-order valence-electron chi connectivity index (χ2n) is 4.30. The molecule has 1 atom stereocenters. The van der Waals surface area contributed by atoms with Crippen LogP contribution in [0.1, 0.15) is 16.8 Å². The SMILES string of the molecule is O=C(NC1(C(=O)O)CCOC1)c1cc(Cl)cc(Cl)c1. The minimum atomic E-state index is -1.38. The molecule has 1 aromatic rings. The molecule has 19 heavy (non-hydrogen) atoms. The van der Waals surface area contributed by atoms with Crippen molar-refractivity contribution in [2.45, 2.75) is 12.0 Å². The van der Waals surface area contributed by atoms with Crippen LogP contribution < -0.4 is 5.32 Å². The van der Waals surface area contributed by atoms with Gasteiger partial charge in [0.15, 0.2) is 5.54 Å². The summed E-state index contributed by atoms with van der Waals surface area (Å²) in [5.74, 6) is -1.66. The third kappa shape index (κ3) is 3.00. The molecule has 1 unspecified atom stereocenters. The van der Waals surface area contributed by atoms with E-state index in [0.717, 1.165) is 0 Å². The Bertz CT molecular complexity index is 506. The second kappa shape index (κ2) is 5.36. The smallest absolute Gasteiger partial charge is 0.331 e. The summed E-state index contributed by atoms with van der Waals surface area (Å²) in [5, 5.41) is 12.3. The molecule has 2 N–H and O–H groups in total. The average molecular weight is 304 g/mol. The van der Waals surface area contributed by atoms with Crippen molar-refractivity contribution < 1.29 is 19.4 Å². The van der Waals surface area contributed by atoms with Crippen molar-refractivity contribution in [2.75, 3.05) is 13.2 Å². The van der Waals surface area contributed by atoms with E-state index in [4.69, 9.17) is 27.9 Å². The van der Waals surface area contributed by atoms with Crippen molar-refractivity contribution in [1.29, 1.82) is 0 Å². The average Bonchev–Trinajstić information content (AvgIpc) is 2.77. The first-order valence-corrected chi connectivity index (χ1v) is 6.28. The summed E-state index contributed by atoms with van der Waals surface area (Å²) >= 11 is 11.6. The molecule has 0 bridgehead atoms. The summed E-state index contributed by atoms with van der Waals surface area (Å²) < 4.78 is 5.06. The van der Waals surface area contributed by atoms with E-state index in [2.05, 4.69) is 5.32 Å². The normalized spacial score (nSPS) is 22.2. The van der Waals surface area contributed by atoms with E-state index in [1.54, 1.807) is 0 Å². The van der Waals surface area contributed by atoms with Crippen LogP contribution in [0.4, 0.5) is 0 Å². The zero-order chi connectivity index (χ0) is 14.0. The molecule has 1 amide bonds. The molecule has 7 heteroatoms. The Morgan fingerprint density at radius 3 is 2.37 bits per heavy atom. The number of nitrogens with one attached hydrogen (secondary N) is 1. The number of rotatable bonds is 3. The molecule has 0 aliphatic carbocycles. The van der Waals surface area contributed by atoms with Crippen molar-refractivity contribution in [3.05, 3.63) is 33.8 Å². The summed E-state index contributed by atoms with van der Waals surface area (Å²) in [6.45, 7) is 0.241. The van der Waals surface area contributed by atoms with Crippen molar-refractivity contribution in [1.82, 2.24) is 5.32 Å². The van der Waals surface area contributed by atoms with Crippen LogP contribution >= 0.6 is 23.2 Å². The molecule has 102 valence electrons. The van der Waals surface area contributed by atoms with Gasteiger partial charge in [0.25, 0.3) is 5.91 Å². The number of amides is 1. The molecule has 1 aliphatic heterocycles. The van der Waals surface area contributed by atoms with E-state index < -0.39 is 17.4 Å². The molecule has 1 saturated heterocycles. The lowest BCUT2D eigenvalue weighted by Crippen LogP contribution is -2.55. The number of carboxylic acids is 1. The van der Waals surface area contributed by atoms with Gasteiger partial charge in [-0.2, -0.15) is 0 Å². The largest absolute Gasteiger partial charge is 0.479 e. The summed E-state index contributed by atoms with van der Waals surface area (Å²) in [6.07, 6.45) is 0.225. The predicted molar refractivity (Wildman–Crippen MR) is 69.7 cm³/mol. The fourth-order valence-corrected chi connectivity index (χ4v) is 2.39. The van der Waals surface area contributed by atoms with Gasteiger partial charge < -0.3 is 15.2 Å². The van der Waals surface area contributed by atoms with Crippen molar-refractivity contribution in [2.24, 2.45) is 0 Å². The van der Waals surface area contributed by atoms with Gasteiger partial charge in [0.1, 0.15) is 0 Å². The van der Waals surface area contributed by atoms with Crippen LogP contribution in [0.3, 0.4) is 0 Å². The van der Waals surface area contributed by atoms with Crippen LogP contribution in [0.25, 0.3) is 0 Å². The number of hydrogen-bond acceptors (Lipinski definition) is 3. The highest BCUT2D eigenvalue weighted by molar-refractivity contribution is 6.35. The van der Waals surface area contributed by atoms with Gasteiger partial charge in [-0.25, -0.2) is 4.79 Å². The molecule has 0 radical (unpaired) electrons. The molecule has 1 heterocycles. The third-order valence-corrected chi connectivity index (χ3v) is 3.35. The Kier molecular flexibility index (Phi) is 3.99.